The van der Waals surface area contributed by atoms with Crippen LogP contribution < -0.4 is 5.32 Å². The number of rotatable bonds is 6. The molecule has 8 nitrogen and oxygen atoms in total. The van der Waals surface area contributed by atoms with Crippen LogP contribution in [0.2, 0.25) is 5.02 Å². The number of aromatic nitrogens is 2. The van der Waals surface area contributed by atoms with Crippen molar-refractivity contribution in [2.75, 3.05) is 26.0 Å². The summed E-state index contributed by atoms with van der Waals surface area (Å²) in [6, 6.07) is 0. The number of nitrogens with zero attached hydrogens (tertiary/aromatic N) is 3. The summed E-state index contributed by atoms with van der Waals surface area (Å²) in [7, 11) is 4.84. The van der Waals surface area contributed by atoms with Gasteiger partial charge >= 0.3 is 5.97 Å². The summed E-state index contributed by atoms with van der Waals surface area (Å²) in [5.41, 5.74) is 1.32. The molecule has 0 saturated heterocycles. The van der Waals surface area contributed by atoms with Crippen molar-refractivity contribution in [3.05, 3.63) is 32.4 Å². The fourth-order valence-electron chi connectivity index (χ4n) is 2.56. The Hall–Kier alpha value is -2.39. The molecule has 0 spiro atoms. The van der Waals surface area contributed by atoms with Gasteiger partial charge in [-0.15, -0.1) is 11.3 Å². The molecule has 0 radical (unpaired) electrons. The maximum atomic E-state index is 12.8. The van der Waals surface area contributed by atoms with Crippen LogP contribution >= 0.6 is 22.9 Å². The first-order valence-electron chi connectivity index (χ1n) is 8.62. The smallest absolute Gasteiger partial charge is 0.341 e. The molecule has 0 aliphatic rings. The van der Waals surface area contributed by atoms with E-state index in [1.807, 2.05) is 6.92 Å². The Balaban J connectivity index is 2.49. The average molecular weight is 427 g/mol. The summed E-state index contributed by atoms with van der Waals surface area (Å²) in [4.78, 5) is 39.6. The van der Waals surface area contributed by atoms with E-state index in [2.05, 4.69) is 10.4 Å². The summed E-state index contributed by atoms with van der Waals surface area (Å²) >= 11 is 7.21. The Morgan fingerprint density at radius 3 is 2.43 bits per heavy atom. The lowest BCUT2D eigenvalue weighted by atomic mass is 10.1. The SMILES string of the molecule is CCCOC(=O)c1c(NC(=O)c2c(Cl)c(C)nn2C)sc(C(=O)N(C)C)c1C. The topological polar surface area (TPSA) is 93.5 Å². The van der Waals surface area contributed by atoms with Crippen molar-refractivity contribution in [1.82, 2.24) is 14.7 Å². The number of anilines is 1. The van der Waals surface area contributed by atoms with Crippen LogP contribution in [0.25, 0.3) is 0 Å². The van der Waals surface area contributed by atoms with E-state index in [0.717, 1.165) is 11.3 Å². The van der Waals surface area contributed by atoms with Crippen molar-refractivity contribution < 1.29 is 19.1 Å². The Labute approximate surface area is 172 Å². The summed E-state index contributed by atoms with van der Waals surface area (Å²) < 4.78 is 6.61. The van der Waals surface area contributed by atoms with Gasteiger partial charge in [0.05, 0.1) is 27.8 Å². The van der Waals surface area contributed by atoms with Gasteiger partial charge in [0, 0.05) is 21.1 Å². The monoisotopic (exact) mass is 426 g/mol. The maximum Gasteiger partial charge on any atom is 0.341 e. The average Bonchev–Trinajstić information content (AvgIpc) is 3.07. The largest absolute Gasteiger partial charge is 0.462 e. The number of aryl methyl sites for hydroxylation is 2. The normalized spacial score (nSPS) is 10.7. The number of carbonyl (C=O) groups is 3. The molecular formula is C18H23ClN4O4S. The summed E-state index contributed by atoms with van der Waals surface area (Å²) in [5, 5.41) is 7.29. The van der Waals surface area contributed by atoms with Crippen LogP contribution in [0.15, 0.2) is 0 Å². The van der Waals surface area contributed by atoms with Gasteiger partial charge in [0.25, 0.3) is 11.8 Å². The van der Waals surface area contributed by atoms with Gasteiger partial charge < -0.3 is 15.0 Å². The Kier molecular flexibility index (Phi) is 6.84. The van der Waals surface area contributed by atoms with E-state index in [0.29, 0.717) is 22.6 Å². The summed E-state index contributed by atoms with van der Waals surface area (Å²) in [6.07, 6.45) is 0.657. The number of amides is 2. The van der Waals surface area contributed by atoms with Gasteiger partial charge in [-0.05, 0) is 25.8 Å². The van der Waals surface area contributed by atoms with E-state index in [1.165, 1.54) is 9.58 Å². The minimum absolute atomic E-state index is 0.165. The molecule has 1 N–H and O–H groups in total. The molecule has 28 heavy (non-hydrogen) atoms. The fraction of sp³-hybridized carbons (Fsp3) is 0.444. The Morgan fingerprint density at radius 1 is 1.29 bits per heavy atom. The number of thiophene rings is 1. The van der Waals surface area contributed by atoms with Crippen LogP contribution in [0, 0.1) is 13.8 Å². The highest BCUT2D eigenvalue weighted by Gasteiger charge is 2.29. The number of ether oxygens (including phenoxy) is 1. The molecule has 2 heterocycles. The number of carbonyl (C=O) groups excluding carboxylic acids is 3. The highest BCUT2D eigenvalue weighted by atomic mass is 35.5. The molecule has 0 aromatic carbocycles. The second kappa shape index (κ2) is 8.74. The highest BCUT2D eigenvalue weighted by molar-refractivity contribution is 7.18. The van der Waals surface area contributed by atoms with E-state index < -0.39 is 11.9 Å². The van der Waals surface area contributed by atoms with Crippen molar-refractivity contribution in [3.63, 3.8) is 0 Å². The molecule has 152 valence electrons. The number of hydrogen-bond acceptors (Lipinski definition) is 6. The van der Waals surface area contributed by atoms with Gasteiger partial charge in [-0.25, -0.2) is 4.79 Å². The van der Waals surface area contributed by atoms with E-state index in [1.54, 1.807) is 35.0 Å². The second-order valence-electron chi connectivity index (χ2n) is 6.42. The molecule has 2 amide bonds. The number of esters is 1. The van der Waals surface area contributed by atoms with Gasteiger partial charge in [-0.3, -0.25) is 14.3 Å². The molecule has 0 fully saturated rings. The van der Waals surface area contributed by atoms with Crippen LogP contribution in [-0.4, -0.2) is 53.2 Å². The number of hydrogen-bond donors (Lipinski definition) is 1. The highest BCUT2D eigenvalue weighted by Crippen LogP contribution is 2.35. The lowest BCUT2D eigenvalue weighted by Crippen LogP contribution is -2.21. The zero-order valence-corrected chi connectivity index (χ0v) is 18.2. The Morgan fingerprint density at radius 2 is 1.93 bits per heavy atom. The first-order chi connectivity index (χ1) is 13.1. The van der Waals surface area contributed by atoms with Crippen LogP contribution in [0.5, 0.6) is 0 Å². The summed E-state index contributed by atoms with van der Waals surface area (Å²) in [6.45, 7) is 5.47. The van der Waals surface area contributed by atoms with E-state index in [4.69, 9.17) is 16.3 Å². The minimum atomic E-state index is -0.587. The zero-order chi connectivity index (χ0) is 21.2. The lowest BCUT2D eigenvalue weighted by molar-refractivity contribution is 0.0506. The summed E-state index contributed by atoms with van der Waals surface area (Å²) in [5.74, 6) is -1.37. The van der Waals surface area contributed by atoms with Crippen LogP contribution in [0.4, 0.5) is 5.00 Å². The van der Waals surface area contributed by atoms with E-state index in [-0.39, 0.29) is 33.8 Å². The van der Waals surface area contributed by atoms with Crippen molar-refractivity contribution in [2.24, 2.45) is 7.05 Å². The lowest BCUT2D eigenvalue weighted by Gasteiger charge is -2.09. The van der Waals surface area contributed by atoms with Crippen molar-refractivity contribution >= 4 is 45.7 Å². The maximum absolute atomic E-state index is 12.8. The van der Waals surface area contributed by atoms with Crippen molar-refractivity contribution in [1.29, 1.82) is 0 Å². The Bertz CT molecular complexity index is 933. The third-order valence-electron chi connectivity index (χ3n) is 3.98. The molecule has 10 heteroatoms. The first-order valence-corrected chi connectivity index (χ1v) is 9.82. The molecule has 0 saturated carbocycles. The molecule has 0 aliphatic carbocycles. The molecule has 2 aromatic rings. The quantitative estimate of drug-likeness (QED) is 0.715. The molecular weight excluding hydrogens is 404 g/mol. The van der Waals surface area contributed by atoms with E-state index in [9.17, 15) is 14.4 Å². The molecule has 0 bridgehead atoms. The standard InChI is InChI=1S/C18H23ClN4O4S/c1-7-8-27-18(26)11-9(2)14(17(25)22(4)5)28-16(11)20-15(24)13-12(19)10(3)21-23(13)6/h7-8H2,1-6H3,(H,20,24). The predicted octanol–water partition coefficient (Wildman–Crippen LogP) is 3.27. The number of nitrogens with one attached hydrogen (secondary N) is 1. The molecule has 0 unspecified atom stereocenters. The van der Waals surface area contributed by atoms with Gasteiger partial charge in [-0.2, -0.15) is 5.10 Å². The number of halogens is 1. The van der Waals surface area contributed by atoms with E-state index >= 15 is 0 Å². The van der Waals surface area contributed by atoms with Crippen LogP contribution in [0.1, 0.15) is 55.1 Å². The van der Waals surface area contributed by atoms with Gasteiger partial charge in [0.1, 0.15) is 10.7 Å². The minimum Gasteiger partial charge on any atom is -0.462 e. The molecule has 0 aliphatic heterocycles. The van der Waals surface area contributed by atoms with Crippen molar-refractivity contribution in [2.45, 2.75) is 27.2 Å². The van der Waals surface area contributed by atoms with Gasteiger partial charge in [-0.1, -0.05) is 18.5 Å². The molecule has 2 rings (SSSR count). The third kappa shape index (κ3) is 4.20. The van der Waals surface area contributed by atoms with Crippen LogP contribution in [-0.2, 0) is 11.8 Å². The first kappa shape index (κ1) is 21.9. The van der Waals surface area contributed by atoms with Gasteiger partial charge in [0.2, 0.25) is 0 Å². The second-order valence-corrected chi connectivity index (χ2v) is 7.82. The molecule has 0 atom stereocenters. The van der Waals surface area contributed by atoms with Gasteiger partial charge in [0.15, 0.2) is 0 Å². The predicted molar refractivity (Wildman–Crippen MR) is 109 cm³/mol. The zero-order valence-electron chi connectivity index (χ0n) is 16.7. The van der Waals surface area contributed by atoms with Crippen molar-refractivity contribution in [3.8, 4) is 0 Å². The fourth-order valence-corrected chi connectivity index (χ4v) is 4.02. The van der Waals surface area contributed by atoms with Crippen LogP contribution in [0.3, 0.4) is 0 Å². The molecule has 2 aromatic heterocycles. The third-order valence-corrected chi connectivity index (χ3v) is 5.63.